The molecule has 0 amide bonds. The van der Waals surface area contributed by atoms with Gasteiger partial charge in [0.25, 0.3) is 0 Å². The SMILES string of the molecule is Cc1nn(C)c(C)c1C1COCCN1Cc1ccc(C#N)cc1F. The normalized spacial score (nSPS) is 18.5. The molecule has 1 aliphatic rings. The first-order valence-electron chi connectivity index (χ1n) is 8.01. The minimum absolute atomic E-state index is 0.0579. The van der Waals surface area contributed by atoms with E-state index in [0.717, 1.165) is 23.5 Å². The predicted octanol–water partition coefficient (Wildman–Crippen LogP) is 2.62. The van der Waals surface area contributed by atoms with Gasteiger partial charge >= 0.3 is 0 Å². The van der Waals surface area contributed by atoms with E-state index < -0.39 is 0 Å². The van der Waals surface area contributed by atoms with Crippen molar-refractivity contribution in [1.29, 1.82) is 5.26 Å². The molecule has 0 N–H and O–H groups in total. The molecule has 2 heterocycles. The number of morpholine rings is 1. The third kappa shape index (κ3) is 3.05. The first-order chi connectivity index (χ1) is 11.5. The first kappa shape index (κ1) is 16.6. The Morgan fingerprint density at radius 2 is 2.21 bits per heavy atom. The Bertz CT molecular complexity index is 793. The number of nitrogens with zero attached hydrogens (tertiary/aromatic N) is 4. The fraction of sp³-hybridized carbons (Fsp3) is 0.444. The smallest absolute Gasteiger partial charge is 0.129 e. The predicted molar refractivity (Wildman–Crippen MR) is 87.8 cm³/mol. The van der Waals surface area contributed by atoms with Crippen LogP contribution in [0.5, 0.6) is 0 Å². The molecular formula is C18H21FN4O. The van der Waals surface area contributed by atoms with Crippen LogP contribution in [0.4, 0.5) is 4.39 Å². The zero-order chi connectivity index (χ0) is 17.3. The van der Waals surface area contributed by atoms with Crippen molar-refractivity contribution in [2.75, 3.05) is 19.8 Å². The van der Waals surface area contributed by atoms with E-state index in [1.54, 1.807) is 12.1 Å². The number of rotatable bonds is 3. The maximum absolute atomic E-state index is 14.3. The Labute approximate surface area is 141 Å². The molecular weight excluding hydrogens is 307 g/mol. The molecule has 6 heteroatoms. The maximum atomic E-state index is 14.3. The van der Waals surface area contributed by atoms with Crippen molar-refractivity contribution in [2.45, 2.75) is 26.4 Å². The molecule has 24 heavy (non-hydrogen) atoms. The van der Waals surface area contributed by atoms with E-state index in [-0.39, 0.29) is 11.9 Å². The Morgan fingerprint density at radius 3 is 2.83 bits per heavy atom. The highest BCUT2D eigenvalue weighted by atomic mass is 19.1. The zero-order valence-electron chi connectivity index (χ0n) is 14.2. The summed E-state index contributed by atoms with van der Waals surface area (Å²) in [5.74, 6) is -0.334. The van der Waals surface area contributed by atoms with E-state index in [0.29, 0.717) is 30.9 Å². The molecule has 1 aromatic heterocycles. The lowest BCUT2D eigenvalue weighted by molar-refractivity contribution is -0.0136. The molecule has 2 aromatic rings. The molecule has 5 nitrogen and oxygen atoms in total. The lowest BCUT2D eigenvalue weighted by atomic mass is 10.0. The van der Waals surface area contributed by atoms with E-state index in [2.05, 4.69) is 10.00 Å². The Hall–Kier alpha value is -2.23. The van der Waals surface area contributed by atoms with Gasteiger partial charge in [0.15, 0.2) is 0 Å². The number of ether oxygens (including phenoxy) is 1. The van der Waals surface area contributed by atoms with Crippen molar-refractivity contribution in [3.63, 3.8) is 0 Å². The van der Waals surface area contributed by atoms with Gasteiger partial charge in [-0.3, -0.25) is 9.58 Å². The summed E-state index contributed by atoms with van der Waals surface area (Å²) < 4.78 is 21.8. The standard InChI is InChI=1S/C18H21FN4O/c1-12-18(13(2)22(3)21-12)17-11-24-7-6-23(17)10-15-5-4-14(9-20)8-16(15)19/h4-5,8,17H,6-7,10-11H2,1-3H3. The summed E-state index contributed by atoms with van der Waals surface area (Å²) in [4.78, 5) is 2.23. The highest BCUT2D eigenvalue weighted by molar-refractivity contribution is 5.33. The highest BCUT2D eigenvalue weighted by Gasteiger charge is 2.29. The second kappa shape index (κ2) is 6.71. The average molecular weight is 328 g/mol. The van der Waals surface area contributed by atoms with Gasteiger partial charge in [0.2, 0.25) is 0 Å². The lowest BCUT2D eigenvalue weighted by Crippen LogP contribution is -2.39. The van der Waals surface area contributed by atoms with Gasteiger partial charge in [0.05, 0.1) is 36.6 Å². The molecule has 1 saturated heterocycles. The average Bonchev–Trinajstić information content (AvgIpc) is 2.82. The molecule has 1 unspecified atom stereocenters. The second-order valence-corrected chi connectivity index (χ2v) is 6.19. The van der Waals surface area contributed by atoms with Crippen LogP contribution in [-0.2, 0) is 18.3 Å². The summed E-state index contributed by atoms with van der Waals surface area (Å²) in [7, 11) is 1.93. The minimum Gasteiger partial charge on any atom is -0.378 e. The molecule has 126 valence electrons. The van der Waals surface area contributed by atoms with Crippen LogP contribution in [0.25, 0.3) is 0 Å². The quantitative estimate of drug-likeness (QED) is 0.869. The number of aromatic nitrogens is 2. The van der Waals surface area contributed by atoms with Gasteiger partial charge < -0.3 is 4.74 Å². The van der Waals surface area contributed by atoms with Crippen LogP contribution >= 0.6 is 0 Å². The van der Waals surface area contributed by atoms with Crippen LogP contribution in [0.15, 0.2) is 18.2 Å². The van der Waals surface area contributed by atoms with Crippen molar-refractivity contribution < 1.29 is 9.13 Å². The molecule has 1 fully saturated rings. The summed E-state index contributed by atoms with van der Waals surface area (Å²) in [6, 6.07) is 6.68. The van der Waals surface area contributed by atoms with Crippen LogP contribution in [0.2, 0.25) is 0 Å². The molecule has 1 aliphatic heterocycles. The van der Waals surface area contributed by atoms with Crippen molar-refractivity contribution in [2.24, 2.45) is 7.05 Å². The molecule has 0 spiro atoms. The third-order valence-corrected chi connectivity index (χ3v) is 4.69. The van der Waals surface area contributed by atoms with Crippen LogP contribution in [0, 0.1) is 31.0 Å². The third-order valence-electron chi connectivity index (χ3n) is 4.69. The van der Waals surface area contributed by atoms with Gasteiger partial charge in [-0.15, -0.1) is 0 Å². The lowest BCUT2D eigenvalue weighted by Gasteiger charge is -2.36. The first-order valence-corrected chi connectivity index (χ1v) is 8.01. The Kier molecular flexibility index (Phi) is 4.65. The number of hydrogen-bond donors (Lipinski definition) is 0. The van der Waals surface area contributed by atoms with Crippen LogP contribution in [0.1, 0.15) is 34.1 Å². The van der Waals surface area contributed by atoms with Crippen molar-refractivity contribution in [1.82, 2.24) is 14.7 Å². The van der Waals surface area contributed by atoms with Gasteiger partial charge in [-0.25, -0.2) is 4.39 Å². The molecule has 0 bridgehead atoms. The second-order valence-electron chi connectivity index (χ2n) is 6.19. The number of nitriles is 1. The molecule has 1 aromatic carbocycles. The summed E-state index contributed by atoms with van der Waals surface area (Å²) >= 11 is 0. The topological polar surface area (TPSA) is 54.1 Å². The van der Waals surface area contributed by atoms with Crippen LogP contribution in [-0.4, -0.2) is 34.4 Å². The zero-order valence-corrected chi connectivity index (χ0v) is 14.2. The fourth-order valence-electron chi connectivity index (χ4n) is 3.33. The number of benzene rings is 1. The van der Waals surface area contributed by atoms with Crippen LogP contribution in [0.3, 0.4) is 0 Å². The van der Waals surface area contributed by atoms with E-state index in [4.69, 9.17) is 10.00 Å². The molecule has 1 atom stereocenters. The van der Waals surface area contributed by atoms with E-state index >= 15 is 0 Å². The van der Waals surface area contributed by atoms with Gasteiger partial charge in [0.1, 0.15) is 5.82 Å². The Morgan fingerprint density at radius 1 is 1.42 bits per heavy atom. The van der Waals surface area contributed by atoms with Crippen LogP contribution < -0.4 is 0 Å². The van der Waals surface area contributed by atoms with E-state index in [1.165, 1.54) is 6.07 Å². The van der Waals surface area contributed by atoms with Gasteiger partial charge in [-0.05, 0) is 26.0 Å². The van der Waals surface area contributed by atoms with Gasteiger partial charge in [0, 0.05) is 37.0 Å². The maximum Gasteiger partial charge on any atom is 0.129 e. The van der Waals surface area contributed by atoms with Gasteiger partial charge in [-0.2, -0.15) is 10.4 Å². The molecule has 0 radical (unpaired) electrons. The molecule has 3 rings (SSSR count). The highest BCUT2D eigenvalue weighted by Crippen LogP contribution is 2.30. The number of hydrogen-bond acceptors (Lipinski definition) is 4. The Balaban J connectivity index is 1.89. The minimum atomic E-state index is -0.334. The summed E-state index contributed by atoms with van der Waals surface area (Å²) in [6.45, 7) is 6.47. The van der Waals surface area contributed by atoms with Gasteiger partial charge in [-0.1, -0.05) is 6.07 Å². The van der Waals surface area contributed by atoms with Crippen molar-refractivity contribution >= 4 is 0 Å². The summed E-state index contributed by atoms with van der Waals surface area (Å²) in [5.41, 5.74) is 4.18. The summed E-state index contributed by atoms with van der Waals surface area (Å²) in [5, 5.41) is 13.4. The molecule has 0 saturated carbocycles. The van der Waals surface area contributed by atoms with Crippen molar-refractivity contribution in [3.8, 4) is 6.07 Å². The summed E-state index contributed by atoms with van der Waals surface area (Å²) in [6.07, 6.45) is 0. The fourth-order valence-corrected chi connectivity index (χ4v) is 3.33. The monoisotopic (exact) mass is 328 g/mol. The largest absolute Gasteiger partial charge is 0.378 e. The van der Waals surface area contributed by atoms with E-state index in [9.17, 15) is 4.39 Å². The number of halogens is 1. The number of aryl methyl sites for hydroxylation is 2. The van der Waals surface area contributed by atoms with E-state index in [1.807, 2.05) is 31.6 Å². The molecule has 0 aliphatic carbocycles. The van der Waals surface area contributed by atoms with Crippen molar-refractivity contribution in [3.05, 3.63) is 52.1 Å².